The fourth-order valence-electron chi connectivity index (χ4n) is 2.86. The zero-order chi connectivity index (χ0) is 19.2. The molecule has 1 aromatic carbocycles. The van der Waals surface area contributed by atoms with Gasteiger partial charge in [-0.1, -0.05) is 32.1 Å². The Morgan fingerprint density at radius 1 is 1.19 bits per heavy atom. The normalized spacial score (nSPS) is 16.7. The minimum absolute atomic E-state index is 0.0521. The topological polar surface area (TPSA) is 95.6 Å². The molecule has 1 aromatic rings. The lowest BCUT2D eigenvalue weighted by molar-refractivity contribution is -0.122. The van der Waals surface area contributed by atoms with Gasteiger partial charge in [-0.2, -0.15) is 4.31 Å². The summed E-state index contributed by atoms with van der Waals surface area (Å²) in [5, 5.41) is 0. The third kappa shape index (κ3) is 4.92. The highest BCUT2D eigenvalue weighted by Gasteiger charge is 2.22. The van der Waals surface area contributed by atoms with E-state index in [9.17, 15) is 18.0 Å². The number of allylic oxidation sites excluding steroid dienone is 2. The van der Waals surface area contributed by atoms with Gasteiger partial charge in [-0.3, -0.25) is 20.4 Å². The first-order valence-corrected chi connectivity index (χ1v) is 10.2. The van der Waals surface area contributed by atoms with Crippen molar-refractivity contribution in [1.29, 1.82) is 0 Å². The van der Waals surface area contributed by atoms with Gasteiger partial charge in [0.25, 0.3) is 5.91 Å². The fourth-order valence-corrected chi connectivity index (χ4v) is 4.37. The molecule has 0 saturated heterocycles. The SMILES string of the molecule is CCN(CC)S(=O)(=O)c1cccc(C(=O)NNC(=O)C[C@@H]2C=CCC2)c1. The van der Waals surface area contributed by atoms with Crippen molar-refractivity contribution in [3.8, 4) is 0 Å². The number of rotatable bonds is 7. The first-order chi connectivity index (χ1) is 12.4. The molecule has 1 aliphatic carbocycles. The van der Waals surface area contributed by atoms with Crippen molar-refractivity contribution in [1.82, 2.24) is 15.2 Å². The highest BCUT2D eigenvalue weighted by atomic mass is 32.2. The van der Waals surface area contributed by atoms with E-state index >= 15 is 0 Å². The summed E-state index contributed by atoms with van der Waals surface area (Å²) >= 11 is 0. The van der Waals surface area contributed by atoms with Crippen LogP contribution in [0, 0.1) is 5.92 Å². The minimum Gasteiger partial charge on any atom is -0.273 e. The van der Waals surface area contributed by atoms with E-state index in [0.717, 1.165) is 12.8 Å². The number of benzene rings is 1. The molecule has 0 bridgehead atoms. The van der Waals surface area contributed by atoms with Gasteiger partial charge in [0.1, 0.15) is 0 Å². The summed E-state index contributed by atoms with van der Waals surface area (Å²) in [4.78, 5) is 24.1. The van der Waals surface area contributed by atoms with E-state index in [4.69, 9.17) is 0 Å². The van der Waals surface area contributed by atoms with Crippen LogP contribution in [0.5, 0.6) is 0 Å². The van der Waals surface area contributed by atoms with Crippen molar-refractivity contribution in [2.75, 3.05) is 13.1 Å². The number of carbonyl (C=O) groups is 2. The van der Waals surface area contributed by atoms with Crippen LogP contribution >= 0.6 is 0 Å². The van der Waals surface area contributed by atoms with Crippen molar-refractivity contribution < 1.29 is 18.0 Å². The summed E-state index contributed by atoms with van der Waals surface area (Å²) in [6, 6.07) is 5.78. The molecule has 142 valence electrons. The second-order valence-corrected chi connectivity index (χ2v) is 8.03. The first-order valence-electron chi connectivity index (χ1n) is 8.74. The van der Waals surface area contributed by atoms with Gasteiger partial charge in [-0.25, -0.2) is 8.42 Å². The standard InChI is InChI=1S/C18H25N3O4S/c1-3-21(4-2)26(24,25)16-11-7-10-15(13-16)18(23)20-19-17(22)12-14-8-5-6-9-14/h5,7-8,10-11,13-14H,3-4,6,9,12H2,1-2H3,(H,19,22)(H,20,23)/t14-/m1/s1. The Morgan fingerprint density at radius 3 is 2.54 bits per heavy atom. The molecule has 0 heterocycles. The molecule has 8 heteroatoms. The van der Waals surface area contributed by atoms with Crippen molar-refractivity contribution in [2.24, 2.45) is 5.92 Å². The maximum absolute atomic E-state index is 12.5. The average molecular weight is 379 g/mol. The van der Waals surface area contributed by atoms with E-state index in [1.165, 1.54) is 28.6 Å². The van der Waals surface area contributed by atoms with Crippen LogP contribution in [0.3, 0.4) is 0 Å². The molecule has 1 atom stereocenters. The predicted molar refractivity (Wildman–Crippen MR) is 98.6 cm³/mol. The summed E-state index contributed by atoms with van der Waals surface area (Å²) < 4.78 is 26.4. The summed E-state index contributed by atoms with van der Waals surface area (Å²) in [6.07, 6.45) is 6.26. The lowest BCUT2D eigenvalue weighted by atomic mass is 10.1. The quantitative estimate of drug-likeness (QED) is 0.558. The van der Waals surface area contributed by atoms with E-state index < -0.39 is 15.9 Å². The van der Waals surface area contributed by atoms with Gasteiger partial charge in [0.15, 0.2) is 0 Å². The van der Waals surface area contributed by atoms with Crippen LogP contribution in [0.4, 0.5) is 0 Å². The molecule has 7 nitrogen and oxygen atoms in total. The van der Waals surface area contributed by atoms with Gasteiger partial charge in [-0.05, 0) is 37.0 Å². The number of nitrogens with zero attached hydrogens (tertiary/aromatic N) is 1. The van der Waals surface area contributed by atoms with Crippen molar-refractivity contribution in [3.05, 3.63) is 42.0 Å². The van der Waals surface area contributed by atoms with Gasteiger partial charge in [0, 0.05) is 25.1 Å². The second-order valence-electron chi connectivity index (χ2n) is 6.09. The fraction of sp³-hybridized carbons (Fsp3) is 0.444. The molecule has 0 unspecified atom stereocenters. The number of amides is 2. The number of hydrazine groups is 1. The van der Waals surface area contributed by atoms with Crippen LogP contribution in [0.25, 0.3) is 0 Å². The number of nitrogens with one attached hydrogen (secondary N) is 2. The lowest BCUT2D eigenvalue weighted by Gasteiger charge is -2.18. The first kappa shape index (κ1) is 20.1. The predicted octanol–water partition coefficient (Wildman–Crippen LogP) is 1.83. The van der Waals surface area contributed by atoms with Crippen LogP contribution in [0.1, 0.15) is 43.5 Å². The summed E-state index contributed by atoms with van der Waals surface area (Å²) in [7, 11) is -3.65. The molecule has 2 rings (SSSR count). The number of hydrogen-bond acceptors (Lipinski definition) is 4. The van der Waals surface area contributed by atoms with E-state index in [1.807, 2.05) is 12.2 Å². The highest BCUT2D eigenvalue weighted by molar-refractivity contribution is 7.89. The van der Waals surface area contributed by atoms with Crippen LogP contribution in [0.2, 0.25) is 0 Å². The van der Waals surface area contributed by atoms with Crippen LogP contribution < -0.4 is 10.9 Å². The molecule has 1 aliphatic rings. The summed E-state index contributed by atoms with van der Waals surface area (Å²) in [5.41, 5.74) is 4.88. The zero-order valence-electron chi connectivity index (χ0n) is 15.1. The zero-order valence-corrected chi connectivity index (χ0v) is 15.9. The van der Waals surface area contributed by atoms with Gasteiger partial charge >= 0.3 is 0 Å². The van der Waals surface area contributed by atoms with Crippen molar-refractivity contribution >= 4 is 21.8 Å². The van der Waals surface area contributed by atoms with Gasteiger partial charge < -0.3 is 0 Å². The van der Waals surface area contributed by atoms with Gasteiger partial charge in [-0.15, -0.1) is 0 Å². The highest BCUT2D eigenvalue weighted by Crippen LogP contribution is 2.20. The molecule has 2 amide bonds. The molecular weight excluding hydrogens is 354 g/mol. The molecule has 0 fully saturated rings. The van der Waals surface area contributed by atoms with Crippen LogP contribution in [0.15, 0.2) is 41.3 Å². The molecular formula is C18H25N3O4S. The van der Waals surface area contributed by atoms with Crippen molar-refractivity contribution in [2.45, 2.75) is 38.0 Å². The number of carbonyl (C=O) groups excluding carboxylic acids is 2. The van der Waals surface area contributed by atoms with E-state index in [1.54, 1.807) is 13.8 Å². The van der Waals surface area contributed by atoms with E-state index in [-0.39, 0.29) is 22.3 Å². The number of sulfonamides is 1. The van der Waals surface area contributed by atoms with Gasteiger partial charge in [0.2, 0.25) is 15.9 Å². The Hall–Kier alpha value is -2.19. The molecule has 0 radical (unpaired) electrons. The second kappa shape index (κ2) is 8.95. The Morgan fingerprint density at radius 2 is 1.92 bits per heavy atom. The van der Waals surface area contributed by atoms with Crippen LogP contribution in [-0.2, 0) is 14.8 Å². The third-order valence-corrected chi connectivity index (χ3v) is 6.36. The lowest BCUT2D eigenvalue weighted by Crippen LogP contribution is -2.42. The molecule has 0 aromatic heterocycles. The Bertz CT molecular complexity index is 785. The van der Waals surface area contributed by atoms with Crippen LogP contribution in [-0.4, -0.2) is 37.6 Å². The third-order valence-electron chi connectivity index (χ3n) is 4.31. The number of hydrogen-bond donors (Lipinski definition) is 2. The maximum Gasteiger partial charge on any atom is 0.269 e. The van der Waals surface area contributed by atoms with Gasteiger partial charge in [0.05, 0.1) is 4.90 Å². The summed E-state index contributed by atoms with van der Waals surface area (Å²) in [6.45, 7) is 4.21. The van der Waals surface area contributed by atoms with Crippen molar-refractivity contribution in [3.63, 3.8) is 0 Å². The average Bonchev–Trinajstić information content (AvgIpc) is 3.13. The molecule has 0 aliphatic heterocycles. The minimum atomic E-state index is -3.65. The maximum atomic E-state index is 12.5. The molecule has 2 N–H and O–H groups in total. The summed E-state index contributed by atoms with van der Waals surface area (Å²) in [5.74, 6) is -0.631. The smallest absolute Gasteiger partial charge is 0.269 e. The molecule has 0 spiro atoms. The van der Waals surface area contributed by atoms with E-state index in [0.29, 0.717) is 19.5 Å². The largest absolute Gasteiger partial charge is 0.273 e. The monoisotopic (exact) mass is 379 g/mol. The molecule has 0 saturated carbocycles. The van der Waals surface area contributed by atoms with E-state index in [2.05, 4.69) is 10.9 Å². The molecule has 26 heavy (non-hydrogen) atoms. The Labute approximate surface area is 154 Å². The Balaban J connectivity index is 2.01. The Kier molecular flexibility index (Phi) is 6.93.